The fraction of sp³-hybridized carbons (Fsp3) is 0.633. The molecule has 4 nitrogen and oxygen atoms in total. The number of benzene rings is 2. The van der Waals surface area contributed by atoms with Crippen LogP contribution in [-0.2, 0) is 22.3 Å². The topological polar surface area (TPSA) is 38.8 Å². The van der Waals surface area contributed by atoms with Crippen LogP contribution in [0, 0.1) is 17.3 Å². The number of hydrogen-bond donors (Lipinski definition) is 0. The van der Waals surface area contributed by atoms with Gasteiger partial charge in [0.25, 0.3) is 0 Å². The van der Waals surface area contributed by atoms with E-state index in [9.17, 15) is 18.0 Å². The maximum Gasteiger partial charge on any atom is 0.417 e. The summed E-state index contributed by atoms with van der Waals surface area (Å²) in [7, 11) is 0. The molecule has 0 atom stereocenters. The van der Waals surface area contributed by atoms with Gasteiger partial charge in [0.1, 0.15) is 5.75 Å². The molecule has 0 bridgehead atoms. The lowest BCUT2D eigenvalue weighted by Gasteiger charge is -2.37. The molecule has 2 aromatic carbocycles. The largest absolute Gasteiger partial charge is 0.490 e. The lowest BCUT2D eigenvalue weighted by atomic mass is 9.72. The van der Waals surface area contributed by atoms with Gasteiger partial charge in [-0.1, -0.05) is 45.0 Å². The number of fused-ring (bicyclic) bond motifs is 1. The SMILES string of the molecule is CCOC(=O)C1CCN(Cc2c(OC3CCC(C(C)(C)C)CC3)cc(C(F)(F)F)c3ccccc23)CC1. The van der Waals surface area contributed by atoms with Gasteiger partial charge in [-0.2, -0.15) is 13.2 Å². The van der Waals surface area contributed by atoms with Crippen LogP contribution in [0.1, 0.15) is 77.3 Å². The van der Waals surface area contributed by atoms with Crippen LogP contribution in [-0.4, -0.2) is 36.7 Å². The zero-order valence-corrected chi connectivity index (χ0v) is 22.5. The van der Waals surface area contributed by atoms with Crippen molar-refractivity contribution in [3.8, 4) is 5.75 Å². The zero-order valence-electron chi connectivity index (χ0n) is 22.5. The Balaban J connectivity index is 1.61. The van der Waals surface area contributed by atoms with Gasteiger partial charge in [0.05, 0.1) is 24.2 Å². The quantitative estimate of drug-likeness (QED) is 0.368. The summed E-state index contributed by atoms with van der Waals surface area (Å²) in [6.45, 7) is 10.8. The number of ether oxygens (including phenoxy) is 2. The molecule has 0 radical (unpaired) electrons. The van der Waals surface area contributed by atoms with Crippen LogP contribution in [0.5, 0.6) is 5.75 Å². The van der Waals surface area contributed by atoms with Crippen molar-refractivity contribution in [2.45, 2.75) is 85.0 Å². The summed E-state index contributed by atoms with van der Waals surface area (Å²) < 4.78 is 54.0. The average molecular weight is 520 g/mol. The molecule has 204 valence electrons. The summed E-state index contributed by atoms with van der Waals surface area (Å²) in [5, 5.41) is 0.790. The Labute approximate surface area is 218 Å². The molecule has 0 aromatic heterocycles. The molecule has 37 heavy (non-hydrogen) atoms. The van der Waals surface area contributed by atoms with Crippen molar-refractivity contribution >= 4 is 16.7 Å². The monoisotopic (exact) mass is 519 g/mol. The number of halogens is 3. The summed E-state index contributed by atoms with van der Waals surface area (Å²) in [4.78, 5) is 14.4. The van der Waals surface area contributed by atoms with Crippen LogP contribution < -0.4 is 4.74 Å². The first kappa shape index (κ1) is 27.7. The molecule has 1 saturated carbocycles. The van der Waals surface area contributed by atoms with E-state index in [-0.39, 0.29) is 28.8 Å². The average Bonchev–Trinajstić information content (AvgIpc) is 2.85. The van der Waals surface area contributed by atoms with Crippen molar-refractivity contribution < 1.29 is 27.4 Å². The maximum absolute atomic E-state index is 14.1. The molecule has 0 spiro atoms. The van der Waals surface area contributed by atoms with E-state index in [1.54, 1.807) is 31.2 Å². The molecule has 4 rings (SSSR count). The lowest BCUT2D eigenvalue weighted by molar-refractivity contribution is -0.149. The number of esters is 1. The second-order valence-electron chi connectivity index (χ2n) is 11.7. The fourth-order valence-electron chi connectivity index (χ4n) is 5.95. The Bertz CT molecular complexity index is 1080. The van der Waals surface area contributed by atoms with Crippen LogP contribution in [0.3, 0.4) is 0 Å². The van der Waals surface area contributed by atoms with Gasteiger partial charge in [0, 0.05) is 12.1 Å². The van der Waals surface area contributed by atoms with Gasteiger partial charge in [-0.05, 0) is 86.7 Å². The summed E-state index contributed by atoms with van der Waals surface area (Å²) in [5.41, 5.74) is 0.375. The second-order valence-corrected chi connectivity index (χ2v) is 11.7. The van der Waals surface area contributed by atoms with E-state index in [2.05, 4.69) is 25.7 Å². The van der Waals surface area contributed by atoms with Gasteiger partial charge in [0.2, 0.25) is 0 Å². The summed E-state index contributed by atoms with van der Waals surface area (Å²) in [6, 6.07) is 7.98. The number of piperidine rings is 1. The van der Waals surface area contributed by atoms with E-state index in [0.717, 1.165) is 31.2 Å². The number of carbonyl (C=O) groups is 1. The summed E-state index contributed by atoms with van der Waals surface area (Å²) >= 11 is 0. The molecule has 1 saturated heterocycles. The van der Waals surface area contributed by atoms with E-state index in [1.807, 2.05) is 0 Å². The van der Waals surface area contributed by atoms with Crippen molar-refractivity contribution in [1.82, 2.24) is 4.90 Å². The van der Waals surface area contributed by atoms with Crippen molar-refractivity contribution in [1.29, 1.82) is 0 Å². The normalized spacial score (nSPS) is 22.2. The molecule has 0 amide bonds. The van der Waals surface area contributed by atoms with Crippen LogP contribution in [0.25, 0.3) is 10.8 Å². The van der Waals surface area contributed by atoms with Crippen LogP contribution in [0.2, 0.25) is 0 Å². The number of likely N-dealkylation sites (tertiary alicyclic amines) is 1. The predicted octanol–water partition coefficient (Wildman–Crippen LogP) is 7.62. The molecular weight excluding hydrogens is 479 g/mol. The van der Waals surface area contributed by atoms with E-state index in [0.29, 0.717) is 56.1 Å². The Morgan fingerprint density at radius 3 is 2.16 bits per heavy atom. The minimum Gasteiger partial charge on any atom is -0.490 e. The fourth-order valence-corrected chi connectivity index (χ4v) is 5.95. The molecular formula is C30H40F3NO3. The first-order valence-corrected chi connectivity index (χ1v) is 13.6. The smallest absolute Gasteiger partial charge is 0.417 e. The van der Waals surface area contributed by atoms with E-state index < -0.39 is 11.7 Å². The zero-order chi connectivity index (χ0) is 26.8. The highest BCUT2D eigenvalue weighted by Gasteiger charge is 2.36. The van der Waals surface area contributed by atoms with Crippen molar-refractivity contribution in [3.05, 3.63) is 41.5 Å². The Morgan fingerprint density at radius 1 is 0.973 bits per heavy atom. The second kappa shape index (κ2) is 11.2. The minimum atomic E-state index is -4.47. The molecule has 2 aliphatic rings. The maximum atomic E-state index is 14.1. The van der Waals surface area contributed by atoms with Crippen molar-refractivity contribution in [2.24, 2.45) is 17.3 Å². The highest BCUT2D eigenvalue weighted by molar-refractivity contribution is 5.91. The number of nitrogens with zero attached hydrogens (tertiary/aromatic N) is 1. The highest BCUT2D eigenvalue weighted by Crippen LogP contribution is 2.43. The molecule has 1 aliphatic carbocycles. The standard InChI is InChI=1S/C30H40F3NO3/c1-5-36-28(35)20-14-16-34(17-15-20)19-25-23-8-6-7-9-24(23)26(30(31,32)33)18-27(25)37-22-12-10-21(11-13-22)29(2,3)4/h6-9,18,20-22H,5,10-17,19H2,1-4H3. The van der Waals surface area contributed by atoms with Gasteiger partial charge in [-0.15, -0.1) is 0 Å². The number of carbonyl (C=O) groups excluding carboxylic acids is 1. The van der Waals surface area contributed by atoms with Gasteiger partial charge in [0.15, 0.2) is 0 Å². The Morgan fingerprint density at radius 2 is 1.59 bits per heavy atom. The Kier molecular flexibility index (Phi) is 8.41. The van der Waals surface area contributed by atoms with E-state index >= 15 is 0 Å². The highest BCUT2D eigenvalue weighted by atomic mass is 19.4. The number of rotatable bonds is 6. The first-order valence-electron chi connectivity index (χ1n) is 13.6. The number of alkyl halides is 3. The minimum absolute atomic E-state index is 0.0888. The molecule has 1 aliphatic heterocycles. The molecule has 0 N–H and O–H groups in total. The summed E-state index contributed by atoms with van der Waals surface area (Å²) in [6.07, 6.45) is 0.539. The van der Waals surface area contributed by atoms with Crippen LogP contribution >= 0.6 is 0 Å². The molecule has 7 heteroatoms. The molecule has 2 fully saturated rings. The predicted molar refractivity (Wildman–Crippen MR) is 139 cm³/mol. The third-order valence-electron chi connectivity index (χ3n) is 8.20. The number of hydrogen-bond acceptors (Lipinski definition) is 4. The molecule has 2 aromatic rings. The van der Waals surface area contributed by atoms with E-state index in [4.69, 9.17) is 9.47 Å². The molecule has 0 unspecified atom stereocenters. The molecule has 1 heterocycles. The van der Waals surface area contributed by atoms with E-state index in [1.165, 1.54) is 6.07 Å². The van der Waals surface area contributed by atoms with Gasteiger partial charge >= 0.3 is 12.1 Å². The Hall–Kier alpha value is -2.28. The third kappa shape index (κ3) is 6.60. The van der Waals surface area contributed by atoms with Crippen LogP contribution in [0.15, 0.2) is 30.3 Å². The third-order valence-corrected chi connectivity index (χ3v) is 8.20. The van der Waals surface area contributed by atoms with Crippen LogP contribution in [0.4, 0.5) is 13.2 Å². The first-order chi connectivity index (χ1) is 17.5. The van der Waals surface area contributed by atoms with Gasteiger partial charge in [-0.25, -0.2) is 0 Å². The van der Waals surface area contributed by atoms with Gasteiger partial charge in [-0.3, -0.25) is 9.69 Å². The van der Waals surface area contributed by atoms with Gasteiger partial charge < -0.3 is 9.47 Å². The lowest BCUT2D eigenvalue weighted by Crippen LogP contribution is -2.37. The summed E-state index contributed by atoms with van der Waals surface area (Å²) in [5.74, 6) is 0.666. The van der Waals surface area contributed by atoms with Crippen molar-refractivity contribution in [3.63, 3.8) is 0 Å². The van der Waals surface area contributed by atoms with Crippen molar-refractivity contribution in [2.75, 3.05) is 19.7 Å².